The number of pyridine rings is 1. The fourth-order valence-electron chi connectivity index (χ4n) is 7.86. The van der Waals surface area contributed by atoms with Gasteiger partial charge in [-0.05, 0) is 91.6 Å². The van der Waals surface area contributed by atoms with Crippen LogP contribution in [0.2, 0.25) is 0 Å². The van der Waals surface area contributed by atoms with Gasteiger partial charge in [-0.2, -0.15) is 11.2 Å². The molecule has 0 saturated heterocycles. The summed E-state index contributed by atoms with van der Waals surface area (Å²) >= 11 is 0. The van der Waals surface area contributed by atoms with E-state index in [0.717, 1.165) is 51.8 Å². The molecule has 0 aliphatic heterocycles. The van der Waals surface area contributed by atoms with E-state index in [9.17, 15) is 0 Å². The van der Waals surface area contributed by atoms with Crippen molar-refractivity contribution >= 4 is 21.8 Å². The van der Waals surface area contributed by atoms with E-state index in [-0.39, 0.29) is 21.1 Å². The summed E-state index contributed by atoms with van der Waals surface area (Å²) in [6, 6.07) is 28.6. The van der Waals surface area contributed by atoms with Gasteiger partial charge in [0.15, 0.2) is 0 Å². The predicted molar refractivity (Wildman–Crippen MR) is 206 cm³/mol. The number of rotatable bonds is 9. The predicted octanol–water partition coefficient (Wildman–Crippen LogP) is 12.0. The monoisotopic (exact) mass is 857 g/mol. The minimum atomic E-state index is 0. The number of nitrogens with zero attached hydrogens (tertiary/aromatic N) is 4. The summed E-state index contributed by atoms with van der Waals surface area (Å²) in [6.07, 6.45) is 7.65. The second-order valence-corrected chi connectivity index (χ2v) is 15.4. The molecule has 1 unspecified atom stereocenters. The Morgan fingerprint density at radius 3 is 2.35 bits per heavy atom. The Kier molecular flexibility index (Phi) is 10.8. The standard InChI is InChI=1S/C45H50N4O.Pt/c1-27(2)21-42-45(44-30(7)13-12-14-31(44)8)32(9)47-49(42)35-22-34(29(5)6)23-37(25-35)50-36-17-18-39-38-15-10-11-16-40(38)48(41(39)26-36)43-24-33(28(3)4)19-20-46-43;/h10-11,13,15-20,22-24,27-29,31,44H,12,14,21H2,1-9H3;/q-2;+2/t31-,44?;/m0./s1. The minimum absolute atomic E-state index is 0. The molecule has 3 aromatic carbocycles. The Balaban J connectivity index is 0.00000448. The summed E-state index contributed by atoms with van der Waals surface area (Å²) in [5.41, 5.74) is 10.7. The van der Waals surface area contributed by atoms with E-state index < -0.39 is 0 Å². The Morgan fingerprint density at radius 1 is 0.863 bits per heavy atom. The summed E-state index contributed by atoms with van der Waals surface area (Å²) in [6.45, 7) is 20.4. The van der Waals surface area contributed by atoms with E-state index in [1.807, 2.05) is 12.3 Å². The van der Waals surface area contributed by atoms with E-state index in [1.165, 1.54) is 34.4 Å². The van der Waals surface area contributed by atoms with Crippen molar-refractivity contribution in [3.63, 3.8) is 0 Å². The number of hydrogen-bond acceptors (Lipinski definition) is 3. The van der Waals surface area contributed by atoms with Gasteiger partial charge in [-0.25, -0.2) is 4.98 Å². The first-order valence-corrected chi connectivity index (χ1v) is 18.4. The number of fused-ring (bicyclic) bond motifs is 3. The fraction of sp³-hybridized carbons (Fsp3) is 0.378. The molecule has 0 spiro atoms. The van der Waals surface area contributed by atoms with Crippen LogP contribution in [0.1, 0.15) is 114 Å². The van der Waals surface area contributed by atoms with Crippen LogP contribution in [0, 0.1) is 30.9 Å². The summed E-state index contributed by atoms with van der Waals surface area (Å²) in [5.74, 6) is 4.33. The molecule has 2 atom stereocenters. The average Bonchev–Trinajstić information content (AvgIpc) is 3.58. The van der Waals surface area contributed by atoms with Crippen LogP contribution >= 0.6 is 0 Å². The summed E-state index contributed by atoms with van der Waals surface area (Å²) in [7, 11) is 0. The van der Waals surface area contributed by atoms with Gasteiger partial charge in [-0.1, -0.05) is 83.8 Å². The molecule has 0 radical (unpaired) electrons. The Labute approximate surface area is 318 Å². The number of allylic oxidation sites excluding steroid dienone is 2. The van der Waals surface area contributed by atoms with Crippen molar-refractivity contribution in [3.05, 3.63) is 119 Å². The third-order valence-corrected chi connectivity index (χ3v) is 10.5. The maximum atomic E-state index is 6.70. The van der Waals surface area contributed by atoms with Gasteiger partial charge in [0.05, 0.1) is 5.69 Å². The van der Waals surface area contributed by atoms with Crippen LogP contribution in [0.25, 0.3) is 33.3 Å². The van der Waals surface area contributed by atoms with Gasteiger partial charge in [0.1, 0.15) is 5.82 Å². The first kappa shape index (κ1) is 36.8. The quantitative estimate of drug-likeness (QED) is 0.107. The second-order valence-electron chi connectivity index (χ2n) is 15.4. The molecule has 51 heavy (non-hydrogen) atoms. The number of aromatic nitrogens is 4. The van der Waals surface area contributed by atoms with E-state index in [4.69, 9.17) is 14.8 Å². The van der Waals surface area contributed by atoms with Gasteiger partial charge in [0, 0.05) is 40.4 Å². The minimum Gasteiger partial charge on any atom is -0.509 e. The van der Waals surface area contributed by atoms with Gasteiger partial charge in [-0.3, -0.25) is 4.68 Å². The molecule has 3 aromatic heterocycles. The molecule has 1 aliphatic carbocycles. The summed E-state index contributed by atoms with van der Waals surface area (Å²) in [4.78, 5) is 4.82. The maximum absolute atomic E-state index is 6.70. The molecule has 0 N–H and O–H groups in total. The van der Waals surface area contributed by atoms with Gasteiger partial charge in [-0.15, -0.1) is 41.3 Å². The Morgan fingerprint density at radius 2 is 1.63 bits per heavy atom. The van der Waals surface area contributed by atoms with Crippen LogP contribution in [0.5, 0.6) is 11.5 Å². The first-order chi connectivity index (χ1) is 24.0. The zero-order valence-corrected chi connectivity index (χ0v) is 33.7. The van der Waals surface area contributed by atoms with E-state index >= 15 is 0 Å². The third kappa shape index (κ3) is 7.12. The van der Waals surface area contributed by atoms with Crippen molar-refractivity contribution in [1.29, 1.82) is 0 Å². The summed E-state index contributed by atoms with van der Waals surface area (Å²) < 4.78 is 11.1. The van der Waals surface area contributed by atoms with E-state index in [2.05, 4.69) is 144 Å². The molecular weight excluding hydrogens is 808 g/mol. The fourth-order valence-corrected chi connectivity index (χ4v) is 7.86. The van der Waals surface area contributed by atoms with Crippen LogP contribution in [-0.4, -0.2) is 19.3 Å². The summed E-state index contributed by atoms with van der Waals surface area (Å²) in [5, 5.41) is 7.52. The number of benzene rings is 3. The molecule has 7 rings (SSSR count). The molecule has 1 aliphatic rings. The molecule has 6 aromatic rings. The second kappa shape index (κ2) is 15.0. The van der Waals surface area contributed by atoms with Crippen molar-refractivity contribution in [3.8, 4) is 23.0 Å². The largest absolute Gasteiger partial charge is 2.00 e. The number of para-hydroxylation sites is 1. The molecule has 0 amide bonds. The Hall–Kier alpha value is -3.95. The zero-order chi connectivity index (χ0) is 35.3. The molecule has 0 fully saturated rings. The normalized spacial score (nSPS) is 16.4. The van der Waals surface area contributed by atoms with Gasteiger partial charge in [0.25, 0.3) is 0 Å². The number of hydrogen-bond donors (Lipinski definition) is 0. The molecule has 3 heterocycles. The molecule has 5 nitrogen and oxygen atoms in total. The van der Waals surface area contributed by atoms with E-state index in [1.54, 1.807) is 0 Å². The topological polar surface area (TPSA) is 44.9 Å². The molecule has 6 heteroatoms. The van der Waals surface area contributed by atoms with Crippen molar-refractivity contribution in [2.75, 3.05) is 0 Å². The van der Waals surface area contributed by atoms with E-state index in [0.29, 0.717) is 41.1 Å². The van der Waals surface area contributed by atoms with Crippen LogP contribution in [0.15, 0.2) is 78.5 Å². The molecule has 266 valence electrons. The Bertz CT molecular complexity index is 2220. The average molecular weight is 858 g/mol. The molecular formula is C45H50N4OPt. The van der Waals surface area contributed by atoms with Crippen molar-refractivity contribution in [2.24, 2.45) is 11.8 Å². The molecule has 0 saturated carbocycles. The van der Waals surface area contributed by atoms with Crippen LogP contribution in [-0.2, 0) is 27.5 Å². The van der Waals surface area contributed by atoms with Crippen LogP contribution in [0.3, 0.4) is 0 Å². The maximum Gasteiger partial charge on any atom is 2.00 e. The van der Waals surface area contributed by atoms with Gasteiger partial charge in [0.2, 0.25) is 0 Å². The SMILES string of the molecule is CC1=CCC[C@H](C)C1c1c(C)nn(-c2[c-]c(Oc3[c-]c4c(cc3)c3ccccc3n4-c3cc(C(C)C)ccn3)cc(C(C)C)c2)c1CC(C)C.[Pt+2]. The van der Waals surface area contributed by atoms with Crippen molar-refractivity contribution < 1.29 is 25.8 Å². The van der Waals surface area contributed by atoms with Crippen molar-refractivity contribution in [2.45, 2.75) is 99.3 Å². The van der Waals surface area contributed by atoms with Crippen LogP contribution < -0.4 is 4.74 Å². The van der Waals surface area contributed by atoms with Crippen molar-refractivity contribution in [1.82, 2.24) is 19.3 Å². The zero-order valence-electron chi connectivity index (χ0n) is 31.4. The number of ether oxygens (including phenoxy) is 1. The van der Waals surface area contributed by atoms with Crippen LogP contribution in [0.4, 0.5) is 0 Å². The number of aryl methyl sites for hydroxylation is 1. The molecule has 0 bridgehead atoms. The smallest absolute Gasteiger partial charge is 0.509 e. The van der Waals surface area contributed by atoms with Gasteiger partial charge < -0.3 is 9.30 Å². The third-order valence-electron chi connectivity index (χ3n) is 10.5. The first-order valence-electron chi connectivity index (χ1n) is 18.4. The van der Waals surface area contributed by atoms with Gasteiger partial charge >= 0.3 is 21.1 Å².